The maximum absolute atomic E-state index is 10.5. The highest BCUT2D eigenvalue weighted by Crippen LogP contribution is 2.04. The molecule has 0 amide bonds. The lowest BCUT2D eigenvalue weighted by Gasteiger charge is -1.97. The molecule has 0 bridgehead atoms. The summed E-state index contributed by atoms with van der Waals surface area (Å²) in [5.74, 6) is -0.254. The molecule has 0 aromatic heterocycles. The van der Waals surface area contributed by atoms with Crippen LogP contribution in [0.5, 0.6) is 0 Å². The van der Waals surface area contributed by atoms with Crippen LogP contribution in [0, 0.1) is 0 Å². The predicted molar refractivity (Wildman–Crippen MR) is 65.9 cm³/mol. The first-order valence-electron chi connectivity index (χ1n) is 5.22. The molecule has 0 saturated heterocycles. The maximum atomic E-state index is 10.5. The van der Waals surface area contributed by atoms with Crippen molar-refractivity contribution in [2.24, 2.45) is 0 Å². The van der Waals surface area contributed by atoms with E-state index < -0.39 is 0 Å². The summed E-state index contributed by atoms with van der Waals surface area (Å²) in [6.07, 6.45) is 5.90. The number of ether oxygens (including phenoxy) is 1. The van der Waals surface area contributed by atoms with Crippen LogP contribution in [-0.2, 0) is 9.53 Å². The van der Waals surface area contributed by atoms with Crippen LogP contribution in [0.25, 0.3) is 6.08 Å². The monoisotopic (exact) mass is 216 g/mol. The summed E-state index contributed by atoms with van der Waals surface area (Å²) < 4.78 is 4.82. The summed E-state index contributed by atoms with van der Waals surface area (Å²) in [5, 5.41) is 0. The normalized spacial score (nSPS) is 11.8. The molecule has 0 radical (unpaired) electrons. The van der Waals surface area contributed by atoms with Crippen LogP contribution in [0.3, 0.4) is 0 Å². The van der Waals surface area contributed by atoms with E-state index >= 15 is 0 Å². The first kappa shape index (κ1) is 12.2. The molecule has 2 heteroatoms. The molecule has 1 aromatic carbocycles. The maximum Gasteiger partial charge on any atom is 0.302 e. The summed E-state index contributed by atoms with van der Waals surface area (Å²) in [5.41, 5.74) is 2.23. The van der Waals surface area contributed by atoms with Crippen molar-refractivity contribution in [1.82, 2.24) is 0 Å². The molecule has 16 heavy (non-hydrogen) atoms. The lowest BCUT2D eigenvalue weighted by atomic mass is 10.2. The van der Waals surface area contributed by atoms with Crippen molar-refractivity contribution in [2.45, 2.75) is 13.8 Å². The van der Waals surface area contributed by atoms with Crippen LogP contribution in [-0.4, -0.2) is 12.6 Å². The van der Waals surface area contributed by atoms with Gasteiger partial charge in [0.25, 0.3) is 0 Å². The van der Waals surface area contributed by atoms with E-state index in [0.717, 1.165) is 11.1 Å². The SMILES string of the molecule is CC(=O)OC/C=C(C)/C=C/c1ccccc1. The second-order valence-electron chi connectivity index (χ2n) is 3.49. The number of hydrogen-bond donors (Lipinski definition) is 0. The molecule has 1 aromatic rings. The molecule has 0 N–H and O–H groups in total. The summed E-state index contributed by atoms with van der Waals surface area (Å²) in [6, 6.07) is 10.1. The molecule has 0 spiro atoms. The third-order valence-corrected chi connectivity index (χ3v) is 2.03. The molecular weight excluding hydrogens is 200 g/mol. The van der Waals surface area contributed by atoms with E-state index in [4.69, 9.17) is 4.74 Å². The van der Waals surface area contributed by atoms with E-state index in [1.54, 1.807) is 0 Å². The first-order chi connectivity index (χ1) is 7.68. The van der Waals surface area contributed by atoms with Crippen LogP contribution < -0.4 is 0 Å². The van der Waals surface area contributed by atoms with Gasteiger partial charge in [0.15, 0.2) is 0 Å². The Morgan fingerprint density at radius 2 is 1.94 bits per heavy atom. The average Bonchev–Trinajstić information content (AvgIpc) is 2.27. The zero-order valence-electron chi connectivity index (χ0n) is 9.64. The smallest absolute Gasteiger partial charge is 0.302 e. The molecular formula is C14H16O2. The quantitative estimate of drug-likeness (QED) is 0.570. The van der Waals surface area contributed by atoms with Crippen molar-refractivity contribution >= 4 is 12.0 Å². The van der Waals surface area contributed by atoms with Crippen LogP contribution in [0.2, 0.25) is 0 Å². The van der Waals surface area contributed by atoms with E-state index in [2.05, 4.69) is 0 Å². The van der Waals surface area contributed by atoms with Gasteiger partial charge in [-0.3, -0.25) is 4.79 Å². The molecule has 0 fully saturated rings. The van der Waals surface area contributed by atoms with Crippen molar-refractivity contribution < 1.29 is 9.53 Å². The van der Waals surface area contributed by atoms with Gasteiger partial charge >= 0.3 is 5.97 Å². The fraction of sp³-hybridized carbons (Fsp3) is 0.214. The summed E-state index contributed by atoms with van der Waals surface area (Å²) in [6.45, 7) is 3.71. The Kier molecular flexibility index (Phi) is 5.06. The van der Waals surface area contributed by atoms with E-state index in [0.29, 0.717) is 6.61 Å². The lowest BCUT2D eigenvalue weighted by Crippen LogP contribution is -1.97. The second-order valence-corrected chi connectivity index (χ2v) is 3.49. The van der Waals surface area contributed by atoms with Crippen LogP contribution in [0.1, 0.15) is 19.4 Å². The molecule has 0 aliphatic carbocycles. The number of rotatable bonds is 4. The number of esters is 1. The lowest BCUT2D eigenvalue weighted by molar-refractivity contribution is -0.139. The molecule has 1 rings (SSSR count). The van der Waals surface area contributed by atoms with Gasteiger partial charge in [0, 0.05) is 6.92 Å². The highest BCUT2D eigenvalue weighted by atomic mass is 16.5. The van der Waals surface area contributed by atoms with Crippen LogP contribution >= 0.6 is 0 Å². The Labute approximate surface area is 96.2 Å². The number of hydrogen-bond acceptors (Lipinski definition) is 2. The van der Waals surface area contributed by atoms with Gasteiger partial charge in [-0.25, -0.2) is 0 Å². The predicted octanol–water partition coefficient (Wildman–Crippen LogP) is 3.21. The first-order valence-corrected chi connectivity index (χ1v) is 5.22. The number of benzene rings is 1. The molecule has 0 aliphatic rings. The van der Waals surface area contributed by atoms with Gasteiger partial charge in [-0.2, -0.15) is 0 Å². The van der Waals surface area contributed by atoms with E-state index in [9.17, 15) is 4.79 Å². The Bertz CT molecular complexity index is 388. The van der Waals surface area contributed by atoms with Crippen molar-refractivity contribution in [3.8, 4) is 0 Å². The van der Waals surface area contributed by atoms with Gasteiger partial charge in [-0.1, -0.05) is 48.1 Å². The third-order valence-electron chi connectivity index (χ3n) is 2.03. The van der Waals surface area contributed by atoms with Gasteiger partial charge in [0.1, 0.15) is 6.61 Å². The van der Waals surface area contributed by atoms with Gasteiger partial charge in [0.2, 0.25) is 0 Å². The van der Waals surface area contributed by atoms with Crippen molar-refractivity contribution in [2.75, 3.05) is 6.61 Å². The summed E-state index contributed by atoms with van der Waals surface area (Å²) in [7, 11) is 0. The minimum atomic E-state index is -0.254. The number of carbonyl (C=O) groups excluding carboxylic acids is 1. The topological polar surface area (TPSA) is 26.3 Å². The third kappa shape index (κ3) is 5.15. The molecule has 0 aliphatic heterocycles. The Morgan fingerprint density at radius 3 is 2.56 bits per heavy atom. The fourth-order valence-corrected chi connectivity index (χ4v) is 1.15. The fourth-order valence-electron chi connectivity index (χ4n) is 1.15. The molecule has 0 heterocycles. The second kappa shape index (κ2) is 6.62. The molecule has 0 saturated carbocycles. The van der Waals surface area contributed by atoms with Gasteiger partial charge in [-0.05, 0) is 18.6 Å². The zero-order valence-corrected chi connectivity index (χ0v) is 9.64. The summed E-state index contributed by atoms with van der Waals surface area (Å²) >= 11 is 0. The van der Waals surface area contributed by atoms with Crippen molar-refractivity contribution in [3.05, 3.63) is 53.6 Å². The Hall–Kier alpha value is -1.83. The highest BCUT2D eigenvalue weighted by Gasteiger charge is 1.89. The number of allylic oxidation sites excluding steroid dienone is 2. The molecule has 0 unspecified atom stereocenters. The molecule has 84 valence electrons. The molecule has 2 nitrogen and oxygen atoms in total. The van der Waals surface area contributed by atoms with E-state index in [1.165, 1.54) is 6.92 Å². The van der Waals surface area contributed by atoms with Crippen LogP contribution in [0.15, 0.2) is 48.1 Å². The summed E-state index contributed by atoms with van der Waals surface area (Å²) in [4.78, 5) is 10.5. The average molecular weight is 216 g/mol. The minimum absolute atomic E-state index is 0.254. The standard InChI is InChI=1S/C14H16O2/c1-12(10-11-16-13(2)15)8-9-14-6-4-3-5-7-14/h3-10H,11H2,1-2H3/b9-8+,12-10+. The molecule has 0 atom stereocenters. The van der Waals surface area contributed by atoms with Crippen LogP contribution in [0.4, 0.5) is 0 Å². The van der Waals surface area contributed by atoms with Crippen molar-refractivity contribution in [1.29, 1.82) is 0 Å². The van der Waals surface area contributed by atoms with Gasteiger partial charge in [-0.15, -0.1) is 0 Å². The van der Waals surface area contributed by atoms with Gasteiger partial charge in [0.05, 0.1) is 0 Å². The van der Waals surface area contributed by atoms with E-state index in [-0.39, 0.29) is 5.97 Å². The van der Waals surface area contributed by atoms with Gasteiger partial charge < -0.3 is 4.74 Å². The highest BCUT2D eigenvalue weighted by molar-refractivity contribution is 5.66. The Balaban J connectivity index is 2.47. The van der Waals surface area contributed by atoms with E-state index in [1.807, 2.05) is 55.5 Å². The minimum Gasteiger partial charge on any atom is -0.462 e. The Morgan fingerprint density at radius 1 is 1.25 bits per heavy atom. The van der Waals surface area contributed by atoms with Crippen molar-refractivity contribution in [3.63, 3.8) is 0 Å². The number of carbonyl (C=O) groups is 1. The largest absolute Gasteiger partial charge is 0.462 e. The zero-order chi connectivity index (χ0) is 11.8.